The Morgan fingerprint density at radius 3 is 2.54 bits per heavy atom. The van der Waals surface area contributed by atoms with Gasteiger partial charge in [-0.2, -0.15) is 5.10 Å². The van der Waals surface area contributed by atoms with Crippen LogP contribution in [-0.2, 0) is 11.9 Å². The number of hydrogen-bond acceptors (Lipinski definition) is 3. The number of benzene rings is 1. The van der Waals surface area contributed by atoms with Crippen LogP contribution in [0.5, 0.6) is 0 Å². The molecule has 0 unspecified atom stereocenters. The van der Waals surface area contributed by atoms with Crippen LogP contribution in [0.2, 0.25) is 0 Å². The molecular weight excluding hydrogens is 346 g/mol. The summed E-state index contributed by atoms with van der Waals surface area (Å²) in [6, 6.07) is 19.4. The molecule has 1 aliphatic rings. The van der Waals surface area contributed by atoms with E-state index >= 15 is 0 Å². The number of hydrogen-bond donors (Lipinski definition) is 0. The smallest absolute Gasteiger partial charge is 0.255 e. The highest BCUT2D eigenvalue weighted by atomic mass is 16.2. The number of aromatic nitrogens is 3. The lowest BCUT2D eigenvalue weighted by Gasteiger charge is -2.33. The molecule has 1 aliphatic heterocycles. The third-order valence-electron chi connectivity index (χ3n) is 5.12. The summed E-state index contributed by atoms with van der Waals surface area (Å²) in [5, 5.41) is 2.95. The second-order valence-corrected chi connectivity index (χ2v) is 6.89. The minimum Gasteiger partial charge on any atom is -0.340 e. The van der Waals surface area contributed by atoms with Crippen molar-refractivity contribution >= 4 is 27.1 Å². The number of fused-ring (bicyclic) bond motifs is 2. The molecule has 3 aromatic heterocycles. The first-order chi connectivity index (χ1) is 13.6. The summed E-state index contributed by atoms with van der Waals surface area (Å²) >= 11 is 0. The fourth-order valence-electron chi connectivity index (χ4n) is 3.67. The molecule has 1 aromatic carbocycles. The van der Waals surface area contributed by atoms with E-state index in [4.69, 9.17) is 15.7 Å². The Morgan fingerprint density at radius 1 is 0.929 bits per heavy atom. The second-order valence-electron chi connectivity index (χ2n) is 6.89. The van der Waals surface area contributed by atoms with Crippen molar-refractivity contribution in [1.82, 2.24) is 19.5 Å². The molecule has 130 valence electrons. The molecule has 0 saturated carbocycles. The molecule has 4 aromatic rings. The van der Waals surface area contributed by atoms with E-state index in [1.807, 2.05) is 53.0 Å². The zero-order valence-corrected chi connectivity index (χ0v) is 15.0. The second kappa shape index (κ2) is 6.09. The zero-order chi connectivity index (χ0) is 19.3. The van der Waals surface area contributed by atoms with Gasteiger partial charge in [-0.3, -0.25) is 9.78 Å². The Hall–Kier alpha value is -3.34. The van der Waals surface area contributed by atoms with E-state index in [1.165, 1.54) is 4.90 Å². The Kier molecular flexibility index (Phi) is 3.66. The van der Waals surface area contributed by atoms with Crippen molar-refractivity contribution in [2.75, 3.05) is 0 Å². The van der Waals surface area contributed by atoms with Crippen molar-refractivity contribution in [3.8, 4) is 11.3 Å². The molecule has 1 amide bonds. The lowest BCUT2D eigenvalue weighted by Crippen LogP contribution is -2.44. The van der Waals surface area contributed by atoms with Gasteiger partial charge in [-0.05, 0) is 35.9 Å². The van der Waals surface area contributed by atoms with Gasteiger partial charge in [0, 0.05) is 23.6 Å². The average molecular weight is 360 g/mol. The van der Waals surface area contributed by atoms with Crippen LogP contribution >= 0.6 is 0 Å². The Labute approximate surface area is 164 Å². The molecule has 4 heterocycles. The molecule has 5 rings (SSSR count). The molecule has 28 heavy (non-hydrogen) atoms. The highest BCUT2D eigenvalue weighted by Crippen LogP contribution is 2.34. The molecule has 7 heteroatoms. The fraction of sp³-hybridized carbons (Fsp3) is 0.0952. The summed E-state index contributed by atoms with van der Waals surface area (Å²) < 4.78 is 1.89. The molecule has 5 nitrogen and oxygen atoms in total. The molecule has 0 aliphatic carbocycles. The lowest BCUT2D eigenvalue weighted by atomic mass is 9.59. The highest BCUT2D eigenvalue weighted by molar-refractivity contribution is 6.42. The number of amides is 1. The minimum atomic E-state index is -1.42. The van der Waals surface area contributed by atoms with E-state index in [9.17, 15) is 4.79 Å². The number of pyridine rings is 2. The van der Waals surface area contributed by atoms with E-state index < -0.39 is 5.34 Å². The van der Waals surface area contributed by atoms with E-state index in [-0.39, 0.29) is 5.91 Å². The van der Waals surface area contributed by atoms with Crippen molar-refractivity contribution < 1.29 is 4.79 Å². The Morgan fingerprint density at radius 2 is 1.75 bits per heavy atom. The van der Waals surface area contributed by atoms with Crippen LogP contribution in [0, 0.1) is 0 Å². The Bertz CT molecular complexity index is 1200. The molecule has 0 spiro atoms. The molecule has 4 radical (unpaired) electrons. The maximum Gasteiger partial charge on any atom is 0.255 e. The predicted octanol–water partition coefficient (Wildman–Crippen LogP) is 2.50. The third-order valence-corrected chi connectivity index (χ3v) is 5.12. The molecule has 0 atom stereocenters. The topological polar surface area (TPSA) is 50.5 Å². The first-order valence-corrected chi connectivity index (χ1v) is 8.93. The monoisotopic (exact) mass is 360 g/mol. The van der Waals surface area contributed by atoms with E-state index in [0.717, 1.165) is 22.3 Å². The molecule has 0 fully saturated rings. The van der Waals surface area contributed by atoms with Gasteiger partial charge in [-0.1, -0.05) is 30.3 Å². The van der Waals surface area contributed by atoms with Crippen molar-refractivity contribution in [2.45, 2.75) is 11.9 Å². The maximum atomic E-state index is 12.7. The SMILES string of the molecule is [B]C1([B])c2ncccc2C(=O)N1Cc1ccc(-c2cccc3ccnn23)cc1. The van der Waals surface area contributed by atoms with E-state index in [0.29, 0.717) is 17.8 Å². The molecule has 0 bridgehead atoms. The van der Waals surface area contributed by atoms with Gasteiger partial charge in [0.15, 0.2) is 0 Å². The number of carbonyl (C=O) groups excluding carboxylic acids is 1. The van der Waals surface area contributed by atoms with Crippen LogP contribution in [0.4, 0.5) is 0 Å². The summed E-state index contributed by atoms with van der Waals surface area (Å²) in [7, 11) is 12.5. The summed E-state index contributed by atoms with van der Waals surface area (Å²) in [6.45, 7) is 0.300. The van der Waals surface area contributed by atoms with Crippen molar-refractivity contribution in [3.63, 3.8) is 0 Å². The van der Waals surface area contributed by atoms with E-state index in [2.05, 4.69) is 10.1 Å². The van der Waals surface area contributed by atoms with Crippen LogP contribution in [-0.4, -0.2) is 41.1 Å². The highest BCUT2D eigenvalue weighted by Gasteiger charge is 2.42. The van der Waals surface area contributed by atoms with Gasteiger partial charge >= 0.3 is 0 Å². The molecular formula is C21H14B2N4O. The molecule has 0 saturated heterocycles. The summed E-state index contributed by atoms with van der Waals surface area (Å²) in [4.78, 5) is 18.4. The number of rotatable bonds is 3. The van der Waals surface area contributed by atoms with Gasteiger partial charge in [0.05, 0.1) is 44.4 Å². The first kappa shape index (κ1) is 16.8. The van der Waals surface area contributed by atoms with Crippen molar-refractivity contribution in [3.05, 3.63) is 89.9 Å². The summed E-state index contributed by atoms with van der Waals surface area (Å²) in [5.74, 6) is -0.210. The maximum absolute atomic E-state index is 12.7. The van der Waals surface area contributed by atoms with Gasteiger partial charge < -0.3 is 4.90 Å². The lowest BCUT2D eigenvalue weighted by molar-refractivity contribution is 0.0731. The number of carbonyl (C=O) groups is 1. The quantitative estimate of drug-likeness (QED) is 0.528. The van der Waals surface area contributed by atoms with Crippen LogP contribution in [0.15, 0.2) is 73.1 Å². The van der Waals surface area contributed by atoms with Crippen LogP contribution in [0.1, 0.15) is 21.6 Å². The predicted molar refractivity (Wildman–Crippen MR) is 108 cm³/mol. The van der Waals surface area contributed by atoms with Crippen molar-refractivity contribution in [1.29, 1.82) is 0 Å². The van der Waals surface area contributed by atoms with Crippen LogP contribution in [0.3, 0.4) is 0 Å². The number of nitrogens with zero attached hydrogens (tertiary/aromatic N) is 4. The van der Waals surface area contributed by atoms with Crippen molar-refractivity contribution in [2.24, 2.45) is 0 Å². The Balaban J connectivity index is 1.45. The third kappa shape index (κ3) is 2.47. The van der Waals surface area contributed by atoms with E-state index in [1.54, 1.807) is 24.5 Å². The minimum absolute atomic E-state index is 0.210. The van der Waals surface area contributed by atoms with Gasteiger partial charge in [0.1, 0.15) is 0 Å². The standard InChI is InChI=1S/C21H14B2N4O/c22-21(23)19-17(4-2-11-24-19)20(28)26(21)13-14-6-8-15(9-7-14)18-5-1-3-16-10-12-25-27(16)18/h1-12H,13H2. The normalized spacial score (nSPS) is 15.1. The summed E-state index contributed by atoms with van der Waals surface area (Å²) in [6.07, 6.45) is 3.37. The van der Waals surface area contributed by atoms with Gasteiger partial charge in [0.2, 0.25) is 0 Å². The summed E-state index contributed by atoms with van der Waals surface area (Å²) in [5.41, 5.74) is 4.84. The van der Waals surface area contributed by atoms with Gasteiger partial charge in [-0.25, -0.2) is 4.52 Å². The van der Waals surface area contributed by atoms with Crippen LogP contribution < -0.4 is 0 Å². The largest absolute Gasteiger partial charge is 0.340 e. The van der Waals surface area contributed by atoms with Crippen LogP contribution in [0.25, 0.3) is 16.8 Å². The first-order valence-electron chi connectivity index (χ1n) is 8.93. The fourth-order valence-corrected chi connectivity index (χ4v) is 3.67. The molecule has 0 N–H and O–H groups in total. The average Bonchev–Trinajstić information content (AvgIpc) is 3.27. The zero-order valence-electron chi connectivity index (χ0n) is 15.0. The van der Waals surface area contributed by atoms with Gasteiger partial charge in [-0.15, -0.1) is 0 Å². The van der Waals surface area contributed by atoms with Gasteiger partial charge in [0.25, 0.3) is 5.91 Å².